The molecule has 0 aliphatic rings. The van der Waals surface area contributed by atoms with Gasteiger partial charge in [0.15, 0.2) is 0 Å². The lowest BCUT2D eigenvalue weighted by atomic mass is 10.4. The molecule has 54 valence electrons. The minimum absolute atomic E-state index is 0.822. The Balaban J connectivity index is 0. The Bertz CT molecular complexity index is 97.1. The molecule has 0 aromatic heterocycles. The van der Waals surface area contributed by atoms with Crippen molar-refractivity contribution in [3.63, 3.8) is 0 Å². The Labute approximate surface area is 63.2 Å². The maximum atomic E-state index is 4.76. The number of rotatable bonds is 2. The molecule has 9 heavy (non-hydrogen) atoms. The molecule has 0 saturated heterocycles. The Kier molecular flexibility index (Phi) is 9.69. The molecule has 0 bridgehead atoms. The summed E-state index contributed by atoms with van der Waals surface area (Å²) in [5, 5.41) is 2.83. The largest absolute Gasteiger partial charge is 0.388 e. The second kappa shape index (κ2) is 7.63. The van der Waals surface area contributed by atoms with E-state index >= 15 is 0 Å². The number of hydrogen-bond acceptors (Lipinski definition) is 2. The van der Waals surface area contributed by atoms with Gasteiger partial charge >= 0.3 is 0 Å². The molecule has 0 spiro atoms. The van der Waals surface area contributed by atoms with Gasteiger partial charge in [-0.2, -0.15) is 0 Å². The van der Waals surface area contributed by atoms with Crippen LogP contribution in [-0.2, 0) is 0 Å². The average molecular weight is 145 g/mol. The van der Waals surface area contributed by atoms with E-state index in [-0.39, 0.29) is 0 Å². The topological polar surface area (TPSA) is 12.0 Å². The summed E-state index contributed by atoms with van der Waals surface area (Å²) in [6.45, 7) is 9.46. The fourth-order valence-corrected chi connectivity index (χ4v) is 0.278. The molecule has 0 aromatic rings. The SMILES string of the molecule is C=C(NC)C(C)=S.CC. The molecule has 0 unspecified atom stereocenters. The highest BCUT2D eigenvalue weighted by atomic mass is 32.1. The lowest BCUT2D eigenvalue weighted by Gasteiger charge is -1.97. The summed E-state index contributed by atoms with van der Waals surface area (Å²) in [7, 11) is 1.80. The van der Waals surface area contributed by atoms with Crippen LogP contribution >= 0.6 is 12.2 Å². The van der Waals surface area contributed by atoms with Gasteiger partial charge in [0, 0.05) is 17.6 Å². The van der Waals surface area contributed by atoms with Crippen LogP contribution < -0.4 is 5.32 Å². The van der Waals surface area contributed by atoms with Gasteiger partial charge in [0.2, 0.25) is 0 Å². The summed E-state index contributed by atoms with van der Waals surface area (Å²) in [6, 6.07) is 0. The fraction of sp³-hybridized carbons (Fsp3) is 0.571. The number of hydrogen-bond donors (Lipinski definition) is 1. The average Bonchev–Trinajstić information content (AvgIpc) is 1.91. The number of allylic oxidation sites excluding steroid dienone is 1. The Hall–Kier alpha value is -0.370. The highest BCUT2D eigenvalue weighted by Crippen LogP contribution is 1.84. The third kappa shape index (κ3) is 7.63. The molecule has 0 saturated carbocycles. The van der Waals surface area contributed by atoms with Gasteiger partial charge < -0.3 is 5.32 Å². The first-order chi connectivity index (χ1) is 4.18. The Morgan fingerprint density at radius 1 is 1.44 bits per heavy atom. The zero-order valence-electron chi connectivity index (χ0n) is 6.62. The van der Waals surface area contributed by atoms with E-state index in [0.717, 1.165) is 10.6 Å². The summed E-state index contributed by atoms with van der Waals surface area (Å²) in [6.07, 6.45) is 0. The van der Waals surface area contributed by atoms with Gasteiger partial charge in [-0.15, -0.1) is 0 Å². The lowest BCUT2D eigenvalue weighted by Crippen LogP contribution is -2.09. The highest BCUT2D eigenvalue weighted by molar-refractivity contribution is 7.80. The van der Waals surface area contributed by atoms with Gasteiger partial charge in [-0.25, -0.2) is 0 Å². The molecule has 0 fully saturated rings. The predicted octanol–water partition coefficient (Wildman–Crippen LogP) is 2.14. The molecule has 0 aliphatic carbocycles. The molecule has 0 aliphatic heterocycles. The molecule has 1 nitrogen and oxygen atoms in total. The van der Waals surface area contributed by atoms with Gasteiger partial charge in [-0.1, -0.05) is 32.6 Å². The summed E-state index contributed by atoms with van der Waals surface area (Å²) < 4.78 is 0. The van der Waals surface area contributed by atoms with Crippen LogP contribution in [0.2, 0.25) is 0 Å². The maximum absolute atomic E-state index is 4.76. The summed E-state index contributed by atoms with van der Waals surface area (Å²) in [4.78, 5) is 0.822. The molecular weight excluding hydrogens is 130 g/mol. The quantitative estimate of drug-likeness (QED) is 0.472. The van der Waals surface area contributed by atoms with Gasteiger partial charge in [0.05, 0.1) is 0 Å². The third-order valence-corrected chi connectivity index (χ3v) is 0.973. The molecule has 0 radical (unpaired) electrons. The van der Waals surface area contributed by atoms with Gasteiger partial charge in [-0.05, 0) is 6.92 Å². The lowest BCUT2D eigenvalue weighted by molar-refractivity contribution is 1.06. The molecule has 2 heteroatoms. The fourth-order valence-electron chi connectivity index (χ4n) is 0.176. The van der Waals surface area contributed by atoms with E-state index in [1.165, 1.54) is 0 Å². The molecule has 0 aromatic carbocycles. The van der Waals surface area contributed by atoms with Crippen LogP contribution in [0.1, 0.15) is 20.8 Å². The smallest absolute Gasteiger partial charge is 0.0403 e. The van der Waals surface area contributed by atoms with E-state index in [2.05, 4.69) is 11.9 Å². The normalized spacial score (nSPS) is 6.67. The van der Waals surface area contributed by atoms with E-state index in [1.54, 1.807) is 7.05 Å². The van der Waals surface area contributed by atoms with E-state index in [0.29, 0.717) is 0 Å². The van der Waals surface area contributed by atoms with Gasteiger partial charge in [-0.3, -0.25) is 0 Å². The summed E-state index contributed by atoms with van der Waals surface area (Å²) >= 11 is 4.76. The van der Waals surface area contributed by atoms with Crippen LogP contribution in [0.15, 0.2) is 12.3 Å². The summed E-state index contributed by atoms with van der Waals surface area (Å²) in [5.41, 5.74) is 0.829. The van der Waals surface area contributed by atoms with Gasteiger partial charge in [0.1, 0.15) is 0 Å². The number of nitrogens with one attached hydrogen (secondary N) is 1. The first kappa shape index (κ1) is 11.4. The van der Waals surface area contributed by atoms with Crippen molar-refractivity contribution in [2.24, 2.45) is 0 Å². The molecule has 0 amide bonds. The zero-order chi connectivity index (χ0) is 7.86. The minimum Gasteiger partial charge on any atom is -0.388 e. The molecular formula is C7H15NS. The third-order valence-electron chi connectivity index (χ3n) is 0.727. The predicted molar refractivity (Wildman–Crippen MR) is 47.8 cm³/mol. The van der Waals surface area contributed by atoms with Crippen molar-refractivity contribution in [2.45, 2.75) is 20.8 Å². The van der Waals surface area contributed by atoms with Crippen molar-refractivity contribution in [2.75, 3.05) is 7.05 Å². The molecule has 0 heterocycles. The van der Waals surface area contributed by atoms with Crippen LogP contribution in [-0.4, -0.2) is 11.9 Å². The Morgan fingerprint density at radius 2 is 1.78 bits per heavy atom. The van der Waals surface area contributed by atoms with Crippen molar-refractivity contribution < 1.29 is 0 Å². The number of thiocarbonyl (C=S) groups is 1. The van der Waals surface area contributed by atoms with E-state index in [4.69, 9.17) is 12.2 Å². The summed E-state index contributed by atoms with van der Waals surface area (Å²) in [5.74, 6) is 0. The van der Waals surface area contributed by atoms with Crippen LogP contribution in [0.4, 0.5) is 0 Å². The Morgan fingerprint density at radius 3 is 1.78 bits per heavy atom. The van der Waals surface area contributed by atoms with E-state index in [9.17, 15) is 0 Å². The maximum Gasteiger partial charge on any atom is 0.0403 e. The second-order valence-corrected chi connectivity index (χ2v) is 1.90. The standard InChI is InChI=1S/C5H9NS.C2H6/c1-4(6-3)5(2)7;1-2/h6H,1H2,2-3H3;1-2H3. The molecule has 1 N–H and O–H groups in total. The molecule has 0 atom stereocenters. The van der Waals surface area contributed by atoms with Crippen molar-refractivity contribution in [3.05, 3.63) is 12.3 Å². The monoisotopic (exact) mass is 145 g/mol. The van der Waals surface area contributed by atoms with E-state index in [1.807, 2.05) is 20.8 Å². The van der Waals surface area contributed by atoms with Crippen LogP contribution in [0.25, 0.3) is 0 Å². The van der Waals surface area contributed by atoms with E-state index < -0.39 is 0 Å². The molecule has 0 rings (SSSR count). The van der Waals surface area contributed by atoms with Crippen molar-refractivity contribution in [1.29, 1.82) is 0 Å². The van der Waals surface area contributed by atoms with Crippen molar-refractivity contribution >= 4 is 17.1 Å². The minimum atomic E-state index is 0.822. The van der Waals surface area contributed by atoms with Crippen molar-refractivity contribution in [3.8, 4) is 0 Å². The first-order valence-electron chi connectivity index (χ1n) is 3.06. The van der Waals surface area contributed by atoms with Crippen LogP contribution in [0.5, 0.6) is 0 Å². The van der Waals surface area contributed by atoms with Crippen LogP contribution in [0, 0.1) is 0 Å². The zero-order valence-corrected chi connectivity index (χ0v) is 7.43. The van der Waals surface area contributed by atoms with Crippen molar-refractivity contribution in [1.82, 2.24) is 5.32 Å². The van der Waals surface area contributed by atoms with Crippen LogP contribution in [0.3, 0.4) is 0 Å². The van der Waals surface area contributed by atoms with Gasteiger partial charge in [0.25, 0.3) is 0 Å². The highest BCUT2D eigenvalue weighted by Gasteiger charge is 1.86. The second-order valence-electron chi connectivity index (χ2n) is 1.28. The first-order valence-corrected chi connectivity index (χ1v) is 3.47.